The number of anilines is 1. The van der Waals surface area contributed by atoms with Crippen LogP contribution in [0.2, 0.25) is 0 Å². The molecule has 2 aromatic carbocycles. The molecule has 0 aliphatic carbocycles. The van der Waals surface area contributed by atoms with E-state index in [-0.39, 0.29) is 36.1 Å². The number of rotatable bonds is 4. The number of likely N-dealkylation sites (N-methyl/N-ethyl adjacent to an activating group) is 1. The molecular weight excluding hydrogens is 415 g/mol. The summed E-state index contributed by atoms with van der Waals surface area (Å²) in [6.07, 6.45) is 3.64. The van der Waals surface area contributed by atoms with Crippen LogP contribution in [0.15, 0.2) is 66.9 Å². The summed E-state index contributed by atoms with van der Waals surface area (Å²) < 4.78 is 6.01. The third-order valence-corrected chi connectivity index (χ3v) is 3.99. The molecule has 5 heteroatoms. The van der Waals surface area contributed by atoms with Crippen molar-refractivity contribution in [1.29, 1.82) is 0 Å². The molecule has 2 unspecified atom stereocenters. The maximum atomic E-state index is 11.9. The standard InChI is InChI=1S/C19H20N2O2.HI/c1-3-20-17-11-7-8-12-18(17)23-19(20)13-14-21(15(2)22)16-9-5-4-6-10-16;/h4-14,19H,3H2,1-2H3;1H/b14-13+;. The summed E-state index contributed by atoms with van der Waals surface area (Å²) in [5.41, 5.74) is 2.02. The van der Waals surface area contributed by atoms with Gasteiger partial charge in [-0.15, -0.1) is 0 Å². The summed E-state index contributed by atoms with van der Waals surface area (Å²) in [4.78, 5) is 14.8. The van der Waals surface area contributed by atoms with Crippen LogP contribution in [-0.4, -0.2) is 18.7 Å². The van der Waals surface area contributed by atoms with Crippen molar-refractivity contribution in [2.24, 2.45) is 0 Å². The first-order chi connectivity index (χ1) is 11.2. The number of amides is 1. The van der Waals surface area contributed by atoms with Crippen LogP contribution in [0, 0.1) is 0 Å². The molecule has 0 bridgehead atoms. The van der Waals surface area contributed by atoms with Crippen LogP contribution in [-0.2, 0) is 4.79 Å². The van der Waals surface area contributed by atoms with E-state index < -0.39 is 0 Å². The summed E-state index contributed by atoms with van der Waals surface area (Å²) in [5.74, 6) is 0.883. The number of hydrogen-bond donors (Lipinski definition) is 1. The molecule has 1 amide bonds. The Hall–Kier alpha value is -1.86. The van der Waals surface area contributed by atoms with E-state index >= 15 is 0 Å². The van der Waals surface area contributed by atoms with Crippen LogP contribution in [0.4, 0.5) is 11.4 Å². The minimum atomic E-state index is -0.122. The van der Waals surface area contributed by atoms with E-state index in [1.54, 1.807) is 11.8 Å². The van der Waals surface area contributed by atoms with Gasteiger partial charge in [-0.2, -0.15) is 0 Å². The van der Waals surface area contributed by atoms with Crippen molar-refractivity contribution in [2.45, 2.75) is 20.1 Å². The van der Waals surface area contributed by atoms with Crippen molar-refractivity contribution in [3.8, 4) is 5.75 Å². The van der Waals surface area contributed by atoms with Gasteiger partial charge in [-0.3, -0.25) is 14.6 Å². The lowest BCUT2D eigenvalue weighted by molar-refractivity contribution is -0.860. The van der Waals surface area contributed by atoms with Gasteiger partial charge in [0.2, 0.25) is 5.91 Å². The van der Waals surface area contributed by atoms with Gasteiger partial charge in [0, 0.05) is 31.0 Å². The number of benzene rings is 2. The predicted octanol–water partition coefficient (Wildman–Crippen LogP) is -0.488. The molecule has 0 saturated heterocycles. The Kier molecular flexibility index (Phi) is 6.39. The highest BCUT2D eigenvalue weighted by atomic mass is 127. The lowest BCUT2D eigenvalue weighted by Gasteiger charge is -2.19. The van der Waals surface area contributed by atoms with E-state index in [1.807, 2.05) is 60.8 Å². The summed E-state index contributed by atoms with van der Waals surface area (Å²) in [6.45, 7) is 4.60. The van der Waals surface area contributed by atoms with E-state index in [9.17, 15) is 4.79 Å². The highest BCUT2D eigenvalue weighted by Crippen LogP contribution is 2.26. The van der Waals surface area contributed by atoms with Crippen LogP contribution < -0.4 is 38.5 Å². The maximum Gasteiger partial charge on any atom is 0.258 e. The molecule has 0 fully saturated rings. The predicted molar refractivity (Wildman–Crippen MR) is 90.8 cm³/mol. The second-order valence-corrected chi connectivity index (χ2v) is 5.48. The van der Waals surface area contributed by atoms with Gasteiger partial charge in [0.25, 0.3) is 6.23 Å². The van der Waals surface area contributed by atoms with Crippen molar-refractivity contribution in [3.05, 3.63) is 66.9 Å². The second kappa shape index (κ2) is 8.30. The highest BCUT2D eigenvalue weighted by molar-refractivity contribution is 5.93. The molecule has 126 valence electrons. The first kappa shape index (κ1) is 18.5. The minimum Gasteiger partial charge on any atom is -1.00 e. The molecule has 3 rings (SSSR count). The van der Waals surface area contributed by atoms with E-state index in [1.165, 1.54) is 10.6 Å². The average Bonchev–Trinajstić information content (AvgIpc) is 2.93. The smallest absolute Gasteiger partial charge is 0.258 e. The molecule has 0 spiro atoms. The van der Waals surface area contributed by atoms with Crippen molar-refractivity contribution >= 4 is 17.3 Å². The first-order valence-electron chi connectivity index (χ1n) is 7.85. The molecule has 4 nitrogen and oxygen atoms in total. The normalized spacial score (nSPS) is 18.6. The van der Waals surface area contributed by atoms with Crippen molar-refractivity contribution in [1.82, 2.24) is 0 Å². The molecule has 1 N–H and O–H groups in total. The monoisotopic (exact) mass is 436 g/mol. The molecule has 0 aromatic heterocycles. The third-order valence-electron chi connectivity index (χ3n) is 3.99. The Balaban J connectivity index is 0.00000208. The van der Waals surface area contributed by atoms with E-state index in [0.29, 0.717) is 0 Å². The Morgan fingerprint density at radius 1 is 1.17 bits per heavy atom. The molecule has 1 aliphatic rings. The van der Waals surface area contributed by atoms with Gasteiger partial charge in [0.1, 0.15) is 0 Å². The van der Waals surface area contributed by atoms with E-state index in [0.717, 1.165) is 18.0 Å². The zero-order valence-corrected chi connectivity index (χ0v) is 15.9. The molecule has 1 aliphatic heterocycles. The Morgan fingerprint density at radius 3 is 2.50 bits per heavy atom. The van der Waals surface area contributed by atoms with Gasteiger partial charge in [0.05, 0.1) is 6.54 Å². The zero-order chi connectivity index (χ0) is 16.2. The fourth-order valence-corrected chi connectivity index (χ4v) is 2.87. The summed E-state index contributed by atoms with van der Waals surface area (Å²) >= 11 is 0. The third kappa shape index (κ3) is 3.79. The lowest BCUT2D eigenvalue weighted by Crippen LogP contribution is -3.09. The number of hydrogen-bond acceptors (Lipinski definition) is 2. The minimum absolute atomic E-state index is 0. The number of quaternary nitrogens is 1. The molecule has 1 heterocycles. The molecule has 0 radical (unpaired) electrons. The van der Waals surface area contributed by atoms with Crippen LogP contribution in [0.25, 0.3) is 0 Å². The van der Waals surface area contributed by atoms with Gasteiger partial charge in [0.15, 0.2) is 11.4 Å². The number of fused-ring (bicyclic) bond motifs is 1. The molecule has 0 saturated carbocycles. The first-order valence-corrected chi connectivity index (χ1v) is 7.85. The molecule has 24 heavy (non-hydrogen) atoms. The number of halogens is 1. The van der Waals surface area contributed by atoms with Crippen molar-refractivity contribution in [3.63, 3.8) is 0 Å². The average molecular weight is 436 g/mol. The zero-order valence-electron chi connectivity index (χ0n) is 13.8. The molecule has 2 aromatic rings. The van der Waals surface area contributed by atoms with Crippen LogP contribution in [0.5, 0.6) is 5.75 Å². The van der Waals surface area contributed by atoms with Gasteiger partial charge in [-0.05, 0) is 25.1 Å². The molecular formula is C19H21IN2O2. The summed E-state index contributed by atoms with van der Waals surface area (Å²) in [7, 11) is 0. The number of para-hydroxylation sites is 3. The Labute approximate surface area is 159 Å². The highest BCUT2D eigenvalue weighted by Gasteiger charge is 2.33. The Bertz CT molecular complexity index is 718. The van der Waals surface area contributed by atoms with E-state index in [2.05, 4.69) is 13.0 Å². The van der Waals surface area contributed by atoms with Gasteiger partial charge < -0.3 is 28.7 Å². The number of carbonyl (C=O) groups excluding carboxylic acids is 1. The van der Waals surface area contributed by atoms with Crippen molar-refractivity contribution < 1.29 is 38.4 Å². The van der Waals surface area contributed by atoms with Crippen LogP contribution in [0.1, 0.15) is 13.8 Å². The summed E-state index contributed by atoms with van der Waals surface area (Å²) in [5, 5.41) is 0. The number of nitrogens with one attached hydrogen (secondary N) is 1. The SMILES string of the molecule is CC[NH+]1c2ccccc2OC1/C=C/N(C(C)=O)c1ccccc1.[I-]. The van der Waals surface area contributed by atoms with Gasteiger partial charge >= 0.3 is 0 Å². The largest absolute Gasteiger partial charge is 1.00 e. The summed E-state index contributed by atoms with van der Waals surface area (Å²) in [6, 6.07) is 17.7. The molecule has 2 atom stereocenters. The Morgan fingerprint density at radius 2 is 1.83 bits per heavy atom. The number of nitrogens with zero attached hydrogens (tertiary/aromatic N) is 1. The lowest BCUT2D eigenvalue weighted by atomic mass is 10.2. The fraction of sp³-hybridized carbons (Fsp3) is 0.211. The fourth-order valence-electron chi connectivity index (χ4n) is 2.87. The van der Waals surface area contributed by atoms with Gasteiger partial charge in [-0.1, -0.05) is 30.3 Å². The second-order valence-electron chi connectivity index (χ2n) is 5.48. The van der Waals surface area contributed by atoms with Gasteiger partial charge in [-0.25, -0.2) is 0 Å². The van der Waals surface area contributed by atoms with Crippen LogP contribution >= 0.6 is 0 Å². The topological polar surface area (TPSA) is 34.0 Å². The number of carbonyl (C=O) groups is 1. The number of ether oxygens (including phenoxy) is 1. The maximum absolute atomic E-state index is 11.9. The quantitative estimate of drug-likeness (QED) is 0.657. The van der Waals surface area contributed by atoms with E-state index in [4.69, 9.17) is 4.74 Å². The van der Waals surface area contributed by atoms with Crippen molar-refractivity contribution in [2.75, 3.05) is 11.4 Å². The van der Waals surface area contributed by atoms with Crippen LogP contribution in [0.3, 0.4) is 0 Å².